The zero-order valence-electron chi connectivity index (χ0n) is 11.5. The standard InChI is InChI=1S/C16H13ClN2O2/c1-10-2-5-15-18-16(12(7-17)19(15)8-10)11-3-4-13-14(6-11)21-9-20-13/h2-6,8H,7,9H2,1H3. The van der Waals surface area contributed by atoms with Gasteiger partial charge < -0.3 is 13.9 Å². The van der Waals surface area contributed by atoms with Crippen LogP contribution in [0.3, 0.4) is 0 Å². The van der Waals surface area contributed by atoms with Crippen LogP contribution in [0.5, 0.6) is 11.5 Å². The van der Waals surface area contributed by atoms with Crippen molar-refractivity contribution in [3.63, 3.8) is 0 Å². The summed E-state index contributed by atoms with van der Waals surface area (Å²) in [4.78, 5) is 4.70. The molecule has 0 atom stereocenters. The smallest absolute Gasteiger partial charge is 0.231 e. The number of aromatic nitrogens is 2. The summed E-state index contributed by atoms with van der Waals surface area (Å²) in [6.07, 6.45) is 2.05. The van der Waals surface area contributed by atoms with Crippen LogP contribution >= 0.6 is 11.6 Å². The summed E-state index contributed by atoms with van der Waals surface area (Å²) in [5.74, 6) is 1.92. The zero-order chi connectivity index (χ0) is 14.4. The molecule has 0 saturated heterocycles. The van der Waals surface area contributed by atoms with Crippen molar-refractivity contribution in [2.75, 3.05) is 6.79 Å². The third-order valence-corrected chi connectivity index (χ3v) is 3.89. The molecular formula is C16H13ClN2O2. The fourth-order valence-corrected chi connectivity index (χ4v) is 2.86. The summed E-state index contributed by atoms with van der Waals surface area (Å²) in [6.45, 7) is 2.32. The average Bonchev–Trinajstić information content (AvgIpc) is 3.09. The maximum Gasteiger partial charge on any atom is 0.231 e. The second-order valence-electron chi connectivity index (χ2n) is 5.04. The van der Waals surface area contributed by atoms with Gasteiger partial charge in [0.2, 0.25) is 6.79 Å². The number of fused-ring (bicyclic) bond motifs is 2. The lowest BCUT2D eigenvalue weighted by Crippen LogP contribution is -1.93. The molecule has 0 aliphatic carbocycles. The molecule has 106 valence electrons. The molecule has 1 aromatic carbocycles. The Hall–Kier alpha value is -2.20. The fourth-order valence-electron chi connectivity index (χ4n) is 2.60. The summed E-state index contributed by atoms with van der Waals surface area (Å²) in [5.41, 5.74) is 4.91. The maximum atomic E-state index is 6.16. The third-order valence-electron chi connectivity index (χ3n) is 3.64. The number of ether oxygens (including phenoxy) is 2. The van der Waals surface area contributed by atoms with E-state index in [0.29, 0.717) is 5.88 Å². The Labute approximate surface area is 126 Å². The quantitative estimate of drug-likeness (QED) is 0.676. The minimum absolute atomic E-state index is 0.269. The number of benzene rings is 1. The normalized spacial score (nSPS) is 13.0. The molecule has 4 rings (SSSR count). The van der Waals surface area contributed by atoms with Crippen LogP contribution in [-0.4, -0.2) is 16.2 Å². The fraction of sp³-hybridized carbons (Fsp3) is 0.188. The van der Waals surface area contributed by atoms with Gasteiger partial charge in [0.25, 0.3) is 0 Å². The number of halogens is 1. The van der Waals surface area contributed by atoms with Crippen LogP contribution in [0.15, 0.2) is 36.5 Å². The number of hydrogen-bond donors (Lipinski definition) is 0. The molecule has 4 nitrogen and oxygen atoms in total. The monoisotopic (exact) mass is 300 g/mol. The predicted octanol–water partition coefficient (Wildman–Crippen LogP) is 3.78. The van der Waals surface area contributed by atoms with E-state index in [0.717, 1.165) is 34.1 Å². The van der Waals surface area contributed by atoms with Crippen LogP contribution in [0.2, 0.25) is 0 Å². The Morgan fingerprint density at radius 3 is 2.90 bits per heavy atom. The molecule has 3 heterocycles. The second-order valence-corrected chi connectivity index (χ2v) is 5.31. The minimum atomic E-state index is 0.269. The number of alkyl halides is 1. The van der Waals surface area contributed by atoms with Crippen molar-refractivity contribution in [1.82, 2.24) is 9.38 Å². The SMILES string of the molecule is Cc1ccc2nc(-c3ccc4c(c3)OCO4)c(CCl)n2c1. The molecule has 1 aliphatic rings. The molecule has 0 amide bonds. The van der Waals surface area contributed by atoms with Gasteiger partial charge in [0.05, 0.1) is 17.3 Å². The summed E-state index contributed by atoms with van der Waals surface area (Å²) in [7, 11) is 0. The Morgan fingerprint density at radius 1 is 1.19 bits per heavy atom. The van der Waals surface area contributed by atoms with Gasteiger partial charge in [0.1, 0.15) is 5.65 Å². The van der Waals surface area contributed by atoms with Crippen molar-refractivity contribution < 1.29 is 9.47 Å². The highest BCUT2D eigenvalue weighted by atomic mass is 35.5. The number of pyridine rings is 1. The van der Waals surface area contributed by atoms with Crippen LogP contribution < -0.4 is 9.47 Å². The van der Waals surface area contributed by atoms with Crippen LogP contribution in [0.1, 0.15) is 11.3 Å². The summed E-state index contributed by atoms with van der Waals surface area (Å²) in [5, 5.41) is 0. The van der Waals surface area contributed by atoms with E-state index < -0.39 is 0 Å². The zero-order valence-corrected chi connectivity index (χ0v) is 12.2. The Kier molecular flexibility index (Phi) is 2.79. The molecule has 0 saturated carbocycles. The van der Waals surface area contributed by atoms with Gasteiger partial charge in [-0.3, -0.25) is 0 Å². The van der Waals surface area contributed by atoms with Crippen molar-refractivity contribution in [3.8, 4) is 22.8 Å². The van der Waals surface area contributed by atoms with Gasteiger partial charge >= 0.3 is 0 Å². The largest absolute Gasteiger partial charge is 0.454 e. The lowest BCUT2D eigenvalue weighted by molar-refractivity contribution is 0.174. The second kappa shape index (κ2) is 4.67. The van der Waals surface area contributed by atoms with Crippen molar-refractivity contribution in [1.29, 1.82) is 0 Å². The van der Waals surface area contributed by atoms with Crippen LogP contribution in [-0.2, 0) is 5.88 Å². The first-order chi connectivity index (χ1) is 10.3. The highest BCUT2D eigenvalue weighted by molar-refractivity contribution is 6.17. The Morgan fingerprint density at radius 2 is 2.05 bits per heavy atom. The number of nitrogens with zero attached hydrogens (tertiary/aromatic N) is 2. The van der Waals surface area contributed by atoms with Crippen LogP contribution in [0, 0.1) is 6.92 Å². The van der Waals surface area contributed by atoms with Gasteiger partial charge in [-0.25, -0.2) is 4.98 Å². The van der Waals surface area contributed by atoms with E-state index in [1.165, 1.54) is 5.56 Å². The van der Waals surface area contributed by atoms with Gasteiger partial charge in [-0.1, -0.05) is 6.07 Å². The lowest BCUT2D eigenvalue weighted by atomic mass is 10.1. The highest BCUT2D eigenvalue weighted by Gasteiger charge is 2.18. The topological polar surface area (TPSA) is 35.8 Å². The summed E-state index contributed by atoms with van der Waals surface area (Å²) in [6, 6.07) is 9.89. The summed E-state index contributed by atoms with van der Waals surface area (Å²) < 4.78 is 12.8. The molecule has 3 aromatic rings. The van der Waals surface area contributed by atoms with Gasteiger partial charge in [-0.05, 0) is 36.8 Å². The number of hydrogen-bond acceptors (Lipinski definition) is 3. The molecule has 1 aliphatic heterocycles. The number of rotatable bonds is 2. The van der Waals surface area contributed by atoms with Gasteiger partial charge in [-0.15, -0.1) is 11.6 Å². The first-order valence-electron chi connectivity index (χ1n) is 6.70. The van der Waals surface area contributed by atoms with Gasteiger partial charge in [0.15, 0.2) is 11.5 Å². The first kappa shape index (κ1) is 12.5. The van der Waals surface area contributed by atoms with E-state index in [1.807, 2.05) is 34.7 Å². The number of imidazole rings is 1. The van der Waals surface area contributed by atoms with E-state index in [9.17, 15) is 0 Å². The molecule has 0 radical (unpaired) electrons. The Balaban J connectivity index is 1.93. The molecular weight excluding hydrogens is 288 g/mol. The molecule has 21 heavy (non-hydrogen) atoms. The summed E-state index contributed by atoms with van der Waals surface area (Å²) >= 11 is 6.16. The van der Waals surface area contributed by atoms with Crippen molar-refractivity contribution in [2.45, 2.75) is 12.8 Å². The van der Waals surface area contributed by atoms with E-state index in [-0.39, 0.29) is 6.79 Å². The molecule has 2 aromatic heterocycles. The molecule has 0 fully saturated rings. The predicted molar refractivity (Wildman–Crippen MR) is 81.0 cm³/mol. The van der Waals surface area contributed by atoms with E-state index in [1.54, 1.807) is 0 Å². The molecule has 5 heteroatoms. The van der Waals surface area contributed by atoms with Crippen molar-refractivity contribution in [3.05, 3.63) is 47.8 Å². The average molecular weight is 301 g/mol. The van der Waals surface area contributed by atoms with Crippen molar-refractivity contribution >= 4 is 17.2 Å². The number of aryl methyl sites for hydroxylation is 1. The van der Waals surface area contributed by atoms with Crippen LogP contribution in [0.25, 0.3) is 16.9 Å². The Bertz CT molecular complexity index is 842. The highest BCUT2D eigenvalue weighted by Crippen LogP contribution is 2.37. The van der Waals surface area contributed by atoms with Gasteiger partial charge in [0, 0.05) is 11.8 Å². The van der Waals surface area contributed by atoms with E-state index in [4.69, 9.17) is 26.1 Å². The molecule has 0 bridgehead atoms. The van der Waals surface area contributed by atoms with E-state index in [2.05, 4.69) is 13.1 Å². The van der Waals surface area contributed by atoms with E-state index >= 15 is 0 Å². The lowest BCUT2D eigenvalue weighted by Gasteiger charge is -2.03. The third kappa shape index (κ3) is 1.94. The minimum Gasteiger partial charge on any atom is -0.454 e. The van der Waals surface area contributed by atoms with Gasteiger partial charge in [-0.2, -0.15) is 0 Å². The maximum absolute atomic E-state index is 6.16. The first-order valence-corrected chi connectivity index (χ1v) is 7.23. The molecule has 0 unspecified atom stereocenters. The molecule has 0 spiro atoms. The molecule has 0 N–H and O–H groups in total. The van der Waals surface area contributed by atoms with Crippen molar-refractivity contribution in [2.24, 2.45) is 0 Å². The van der Waals surface area contributed by atoms with Crippen LogP contribution in [0.4, 0.5) is 0 Å².